The van der Waals surface area contributed by atoms with E-state index in [0.717, 1.165) is 22.4 Å². The van der Waals surface area contributed by atoms with Gasteiger partial charge in [-0.3, -0.25) is 9.59 Å². The van der Waals surface area contributed by atoms with Crippen LogP contribution in [-0.4, -0.2) is 23.9 Å². The van der Waals surface area contributed by atoms with Gasteiger partial charge in [0.15, 0.2) is 0 Å². The monoisotopic (exact) mass is 443 g/mol. The van der Waals surface area contributed by atoms with Gasteiger partial charge < -0.3 is 14.2 Å². The average Bonchev–Trinajstić information content (AvgIpc) is 3.08. The normalized spacial score (nSPS) is 13.8. The van der Waals surface area contributed by atoms with Crippen molar-refractivity contribution in [3.05, 3.63) is 89.5 Å². The zero-order chi connectivity index (χ0) is 23.6. The first-order chi connectivity index (χ1) is 15.8. The van der Waals surface area contributed by atoms with Gasteiger partial charge in [-0.1, -0.05) is 42.5 Å². The molecule has 1 aliphatic rings. The van der Waals surface area contributed by atoms with Crippen LogP contribution in [0.5, 0.6) is 11.5 Å². The lowest BCUT2D eigenvalue weighted by Gasteiger charge is -2.34. The third kappa shape index (κ3) is 4.24. The molecule has 3 aromatic rings. The van der Waals surface area contributed by atoms with E-state index in [1.807, 2.05) is 62.4 Å². The summed E-state index contributed by atoms with van der Waals surface area (Å²) in [7, 11) is 0. The lowest BCUT2D eigenvalue weighted by Crippen LogP contribution is -2.38. The molecule has 0 unspecified atom stereocenters. The molecule has 1 aliphatic heterocycles. The fourth-order valence-electron chi connectivity index (χ4n) is 4.14. The number of hydrogen-bond acceptors (Lipinski definition) is 6. The van der Waals surface area contributed by atoms with Crippen LogP contribution in [0, 0.1) is 0 Å². The zero-order valence-corrected chi connectivity index (χ0v) is 19.0. The Kier molecular flexibility index (Phi) is 6.01. The van der Waals surface area contributed by atoms with E-state index in [-0.39, 0.29) is 18.0 Å². The quantitative estimate of drug-likeness (QED) is 0.393. The summed E-state index contributed by atoms with van der Waals surface area (Å²) in [5, 5.41) is 0. The van der Waals surface area contributed by atoms with Crippen molar-refractivity contribution in [2.24, 2.45) is 4.99 Å². The Bertz CT molecular complexity index is 1150. The van der Waals surface area contributed by atoms with Gasteiger partial charge in [0.1, 0.15) is 16.9 Å². The molecule has 168 valence electrons. The molecule has 0 aromatic heterocycles. The van der Waals surface area contributed by atoms with Crippen molar-refractivity contribution in [3.8, 4) is 11.5 Å². The van der Waals surface area contributed by atoms with Gasteiger partial charge in [0.25, 0.3) is 0 Å². The molecular weight excluding hydrogens is 418 g/mol. The molecule has 6 heteroatoms. The molecule has 0 saturated heterocycles. The fraction of sp³-hybridized carbons (Fsp3) is 0.222. The standard InChI is InChI=1S/C27H25NO5/c1-17(2)31-26-27(24-7-5-6-8-25(24)28-26,20-9-13-22(14-10-20)32-18(3)29)21-11-15-23(16-12-21)33-19(4)30/h5-17H,1-4H3. The Morgan fingerprint density at radius 1 is 0.758 bits per heavy atom. The topological polar surface area (TPSA) is 74.2 Å². The minimum atomic E-state index is -0.829. The fourth-order valence-corrected chi connectivity index (χ4v) is 4.14. The molecule has 0 bridgehead atoms. The largest absolute Gasteiger partial charge is 0.477 e. The molecular formula is C27H25NO5. The molecule has 0 atom stereocenters. The Hall–Kier alpha value is -3.93. The number of rotatable bonds is 5. The summed E-state index contributed by atoms with van der Waals surface area (Å²) in [6.45, 7) is 6.66. The van der Waals surface area contributed by atoms with E-state index in [1.54, 1.807) is 24.3 Å². The molecule has 0 radical (unpaired) electrons. The summed E-state index contributed by atoms with van der Waals surface area (Å²) in [5.74, 6) is 0.715. The van der Waals surface area contributed by atoms with Crippen LogP contribution in [-0.2, 0) is 19.7 Å². The molecule has 0 amide bonds. The number of carbonyl (C=O) groups excluding carboxylic acids is 2. The van der Waals surface area contributed by atoms with Crippen LogP contribution in [0.25, 0.3) is 0 Å². The molecule has 0 N–H and O–H groups in total. The van der Waals surface area contributed by atoms with Crippen LogP contribution in [0.15, 0.2) is 77.8 Å². The summed E-state index contributed by atoms with van der Waals surface area (Å²) in [6, 6.07) is 22.6. The second kappa shape index (κ2) is 8.90. The van der Waals surface area contributed by atoms with Crippen molar-refractivity contribution in [3.63, 3.8) is 0 Å². The predicted molar refractivity (Wildman–Crippen MR) is 125 cm³/mol. The van der Waals surface area contributed by atoms with Crippen LogP contribution >= 0.6 is 0 Å². The number of esters is 2. The van der Waals surface area contributed by atoms with Crippen LogP contribution in [0.3, 0.4) is 0 Å². The second-order valence-electron chi connectivity index (χ2n) is 8.09. The Morgan fingerprint density at radius 2 is 1.24 bits per heavy atom. The predicted octanol–water partition coefficient (Wildman–Crippen LogP) is 5.34. The summed E-state index contributed by atoms with van der Waals surface area (Å²) in [4.78, 5) is 27.6. The maximum atomic E-state index is 11.4. The zero-order valence-electron chi connectivity index (χ0n) is 19.0. The number of nitrogens with zero attached hydrogens (tertiary/aromatic N) is 1. The van der Waals surface area contributed by atoms with Gasteiger partial charge in [-0.25, -0.2) is 4.99 Å². The number of para-hydroxylation sites is 1. The highest BCUT2D eigenvalue weighted by Gasteiger charge is 2.48. The van der Waals surface area contributed by atoms with E-state index in [0.29, 0.717) is 17.4 Å². The maximum Gasteiger partial charge on any atom is 0.308 e. The van der Waals surface area contributed by atoms with Gasteiger partial charge in [-0.2, -0.15) is 0 Å². The molecule has 6 nitrogen and oxygen atoms in total. The lowest BCUT2D eigenvalue weighted by molar-refractivity contribution is -0.132. The molecule has 0 spiro atoms. The third-order valence-electron chi connectivity index (χ3n) is 5.30. The molecule has 1 heterocycles. The lowest BCUT2D eigenvalue weighted by atomic mass is 9.70. The van der Waals surface area contributed by atoms with Gasteiger partial charge >= 0.3 is 11.9 Å². The van der Waals surface area contributed by atoms with Crippen molar-refractivity contribution in [2.45, 2.75) is 39.2 Å². The SMILES string of the molecule is CC(=O)Oc1ccc(C2(c3ccc(OC(C)=O)cc3)C(OC(C)C)=Nc3ccccc32)cc1. The van der Waals surface area contributed by atoms with E-state index in [2.05, 4.69) is 0 Å². The second-order valence-corrected chi connectivity index (χ2v) is 8.09. The Balaban J connectivity index is 1.93. The number of benzene rings is 3. The van der Waals surface area contributed by atoms with E-state index < -0.39 is 5.41 Å². The number of carbonyl (C=O) groups is 2. The van der Waals surface area contributed by atoms with Gasteiger partial charge in [0, 0.05) is 19.4 Å². The van der Waals surface area contributed by atoms with Crippen molar-refractivity contribution in [1.82, 2.24) is 0 Å². The molecule has 0 saturated carbocycles. The molecule has 0 aliphatic carbocycles. The van der Waals surface area contributed by atoms with E-state index >= 15 is 0 Å². The van der Waals surface area contributed by atoms with Crippen LogP contribution in [0.4, 0.5) is 5.69 Å². The van der Waals surface area contributed by atoms with Gasteiger partial charge in [0.2, 0.25) is 5.90 Å². The highest BCUT2D eigenvalue weighted by atomic mass is 16.5. The maximum absolute atomic E-state index is 11.4. The average molecular weight is 443 g/mol. The van der Waals surface area contributed by atoms with E-state index in [1.165, 1.54) is 13.8 Å². The minimum Gasteiger partial charge on any atom is -0.477 e. The summed E-state index contributed by atoms with van der Waals surface area (Å²) >= 11 is 0. The first-order valence-electron chi connectivity index (χ1n) is 10.7. The van der Waals surface area contributed by atoms with Gasteiger partial charge in [-0.15, -0.1) is 0 Å². The Labute approximate surface area is 192 Å². The highest BCUT2D eigenvalue weighted by Crippen LogP contribution is 2.50. The summed E-state index contributed by atoms with van der Waals surface area (Å²) in [5.41, 5.74) is 2.78. The van der Waals surface area contributed by atoms with Crippen LogP contribution in [0.1, 0.15) is 44.4 Å². The van der Waals surface area contributed by atoms with E-state index in [9.17, 15) is 9.59 Å². The van der Waals surface area contributed by atoms with Crippen LogP contribution in [0.2, 0.25) is 0 Å². The van der Waals surface area contributed by atoms with Crippen molar-refractivity contribution < 1.29 is 23.8 Å². The number of ether oxygens (including phenoxy) is 3. The van der Waals surface area contributed by atoms with Gasteiger partial charge in [-0.05, 0) is 55.3 Å². The molecule has 0 fully saturated rings. The van der Waals surface area contributed by atoms with Crippen molar-refractivity contribution >= 4 is 23.5 Å². The number of hydrogen-bond donors (Lipinski definition) is 0. The number of aliphatic imine (C=N–C) groups is 1. The van der Waals surface area contributed by atoms with Gasteiger partial charge in [0.05, 0.1) is 11.8 Å². The van der Waals surface area contributed by atoms with Crippen molar-refractivity contribution in [1.29, 1.82) is 0 Å². The van der Waals surface area contributed by atoms with E-state index in [4.69, 9.17) is 19.2 Å². The highest BCUT2D eigenvalue weighted by molar-refractivity contribution is 6.03. The number of fused-ring (bicyclic) bond motifs is 1. The Morgan fingerprint density at radius 3 is 1.70 bits per heavy atom. The summed E-state index contributed by atoms with van der Waals surface area (Å²) in [6.07, 6.45) is -0.0990. The first-order valence-corrected chi connectivity index (χ1v) is 10.7. The minimum absolute atomic E-state index is 0.0990. The smallest absolute Gasteiger partial charge is 0.308 e. The summed E-state index contributed by atoms with van der Waals surface area (Å²) < 4.78 is 16.8. The van der Waals surface area contributed by atoms with Crippen molar-refractivity contribution in [2.75, 3.05) is 0 Å². The first kappa shape index (κ1) is 22.3. The van der Waals surface area contributed by atoms with Crippen LogP contribution < -0.4 is 9.47 Å². The molecule has 3 aromatic carbocycles. The third-order valence-corrected chi connectivity index (χ3v) is 5.30. The molecule has 33 heavy (non-hydrogen) atoms. The molecule has 4 rings (SSSR count).